The predicted molar refractivity (Wildman–Crippen MR) is 76.1 cm³/mol. The second kappa shape index (κ2) is 7.64. The van der Waals surface area contributed by atoms with Gasteiger partial charge < -0.3 is 14.6 Å². The molecule has 2 N–H and O–H groups in total. The van der Waals surface area contributed by atoms with Crippen LogP contribution in [0.15, 0.2) is 53.8 Å². The van der Waals surface area contributed by atoms with Crippen LogP contribution in [-0.4, -0.2) is 37.0 Å². The molecule has 0 spiro atoms. The first kappa shape index (κ1) is 16.2. The molecule has 0 saturated heterocycles. The lowest BCUT2D eigenvalue weighted by molar-refractivity contribution is -0.136. The number of ether oxygens (including phenoxy) is 2. The molecular weight excluding hydrogens is 274 g/mol. The van der Waals surface area contributed by atoms with Crippen molar-refractivity contribution in [3.63, 3.8) is 0 Å². The second-order valence-corrected chi connectivity index (χ2v) is 3.85. The van der Waals surface area contributed by atoms with E-state index in [1.54, 1.807) is 30.3 Å². The quantitative estimate of drug-likeness (QED) is 0.283. The summed E-state index contributed by atoms with van der Waals surface area (Å²) >= 11 is 0. The minimum atomic E-state index is -0.879. The van der Waals surface area contributed by atoms with Gasteiger partial charge in [0, 0.05) is 11.6 Å². The Bertz CT molecular complexity index is 602. The van der Waals surface area contributed by atoms with E-state index in [-0.39, 0.29) is 11.3 Å². The first-order chi connectivity index (χ1) is 10.0. The molecule has 1 rings (SSSR count). The Labute approximate surface area is 121 Å². The van der Waals surface area contributed by atoms with Crippen LogP contribution in [0.5, 0.6) is 0 Å². The molecule has 0 aliphatic rings. The number of nitrogens with one attached hydrogen (secondary N) is 1. The van der Waals surface area contributed by atoms with Gasteiger partial charge in [0.15, 0.2) is 0 Å². The van der Waals surface area contributed by atoms with Crippen molar-refractivity contribution in [3.05, 3.63) is 59.4 Å². The summed E-state index contributed by atoms with van der Waals surface area (Å²) in [5.41, 5.74) is -0.130. The largest absolute Gasteiger partial charge is 0.507 e. The van der Waals surface area contributed by atoms with Crippen molar-refractivity contribution in [3.8, 4) is 0 Å². The molecule has 0 aliphatic carbocycles. The summed E-state index contributed by atoms with van der Waals surface area (Å²) in [5.74, 6) is -2.13. The summed E-state index contributed by atoms with van der Waals surface area (Å²) < 4.78 is 8.94. The summed E-state index contributed by atoms with van der Waals surface area (Å²) in [6.07, 6.45) is 1.92. The summed E-state index contributed by atoms with van der Waals surface area (Å²) in [6.45, 7) is 0. The molecule has 6 nitrogen and oxygen atoms in total. The minimum Gasteiger partial charge on any atom is -0.507 e. The minimum absolute atomic E-state index is 0.213. The maximum atomic E-state index is 11.8. The molecule has 0 unspecified atom stereocenters. The summed E-state index contributed by atoms with van der Waals surface area (Å²) in [5, 5.41) is 17.9. The van der Waals surface area contributed by atoms with E-state index in [0.717, 1.165) is 19.3 Å². The SMILES string of the molecule is COC(=O)C=CC(O)=C(C(=N)c1ccccc1)C(=O)OC. The number of benzene rings is 1. The maximum Gasteiger partial charge on any atom is 0.343 e. The number of methoxy groups -OCH3 is 2. The average Bonchev–Trinajstić information content (AvgIpc) is 2.53. The zero-order valence-electron chi connectivity index (χ0n) is 11.6. The van der Waals surface area contributed by atoms with Gasteiger partial charge in [0.25, 0.3) is 0 Å². The second-order valence-electron chi connectivity index (χ2n) is 3.85. The zero-order chi connectivity index (χ0) is 15.8. The van der Waals surface area contributed by atoms with E-state index < -0.39 is 17.7 Å². The smallest absolute Gasteiger partial charge is 0.343 e. The number of allylic oxidation sites excluding steroid dienone is 1. The van der Waals surface area contributed by atoms with E-state index in [0.29, 0.717) is 5.56 Å². The van der Waals surface area contributed by atoms with E-state index in [4.69, 9.17) is 5.41 Å². The van der Waals surface area contributed by atoms with Crippen LogP contribution < -0.4 is 0 Å². The predicted octanol–water partition coefficient (Wildman–Crippen LogP) is 1.77. The van der Waals surface area contributed by atoms with E-state index in [2.05, 4.69) is 9.47 Å². The highest BCUT2D eigenvalue weighted by atomic mass is 16.5. The Morgan fingerprint density at radius 2 is 1.71 bits per heavy atom. The third-order valence-corrected chi connectivity index (χ3v) is 2.54. The molecule has 0 atom stereocenters. The third-order valence-electron chi connectivity index (χ3n) is 2.54. The van der Waals surface area contributed by atoms with E-state index in [9.17, 15) is 14.7 Å². The van der Waals surface area contributed by atoms with Gasteiger partial charge in [0.05, 0.1) is 19.9 Å². The van der Waals surface area contributed by atoms with Gasteiger partial charge in [-0.25, -0.2) is 9.59 Å². The van der Waals surface area contributed by atoms with Crippen LogP contribution in [0.25, 0.3) is 0 Å². The van der Waals surface area contributed by atoms with Crippen molar-refractivity contribution >= 4 is 17.7 Å². The number of rotatable bonds is 5. The van der Waals surface area contributed by atoms with Gasteiger partial charge in [0.2, 0.25) is 0 Å². The lowest BCUT2D eigenvalue weighted by Crippen LogP contribution is -2.17. The van der Waals surface area contributed by atoms with Crippen LogP contribution in [0.3, 0.4) is 0 Å². The molecular formula is C15H15NO5. The Morgan fingerprint density at radius 3 is 2.24 bits per heavy atom. The summed E-state index contributed by atoms with van der Waals surface area (Å²) in [7, 11) is 2.32. The van der Waals surface area contributed by atoms with Gasteiger partial charge in [-0.3, -0.25) is 5.41 Å². The molecule has 0 amide bonds. The number of carbonyl (C=O) groups is 2. The van der Waals surface area contributed by atoms with Crippen LogP contribution >= 0.6 is 0 Å². The molecule has 0 aromatic heterocycles. The van der Waals surface area contributed by atoms with Gasteiger partial charge in [-0.15, -0.1) is 0 Å². The van der Waals surface area contributed by atoms with Gasteiger partial charge in [-0.1, -0.05) is 30.3 Å². The fourth-order valence-corrected chi connectivity index (χ4v) is 1.48. The number of aliphatic hydroxyl groups is 1. The number of hydrogen-bond donors (Lipinski definition) is 2. The molecule has 1 aromatic carbocycles. The molecule has 1 aromatic rings. The maximum absolute atomic E-state index is 11.8. The molecule has 0 aliphatic heterocycles. The van der Waals surface area contributed by atoms with Crippen LogP contribution in [-0.2, 0) is 19.1 Å². The highest BCUT2D eigenvalue weighted by molar-refractivity contribution is 6.25. The van der Waals surface area contributed by atoms with Crippen molar-refractivity contribution in [2.24, 2.45) is 0 Å². The van der Waals surface area contributed by atoms with Gasteiger partial charge in [-0.05, 0) is 6.08 Å². The van der Waals surface area contributed by atoms with Gasteiger partial charge in [0.1, 0.15) is 11.3 Å². The van der Waals surface area contributed by atoms with E-state index >= 15 is 0 Å². The zero-order valence-corrected chi connectivity index (χ0v) is 11.6. The molecule has 0 heterocycles. The Balaban J connectivity index is 3.23. The number of esters is 2. The Hall–Kier alpha value is -2.89. The number of aliphatic hydroxyl groups excluding tert-OH is 1. The third kappa shape index (κ3) is 4.31. The molecule has 110 valence electrons. The van der Waals surface area contributed by atoms with E-state index in [1.165, 1.54) is 7.11 Å². The lowest BCUT2D eigenvalue weighted by atomic mass is 10.0. The van der Waals surface area contributed by atoms with E-state index in [1.807, 2.05) is 0 Å². The molecule has 6 heteroatoms. The van der Waals surface area contributed by atoms with Crippen LogP contribution in [0, 0.1) is 5.41 Å². The fraction of sp³-hybridized carbons (Fsp3) is 0.133. The van der Waals surface area contributed by atoms with Gasteiger partial charge in [-0.2, -0.15) is 0 Å². The van der Waals surface area contributed by atoms with Crippen LogP contribution in [0.2, 0.25) is 0 Å². The molecule has 0 bridgehead atoms. The van der Waals surface area contributed by atoms with Crippen molar-refractivity contribution in [2.75, 3.05) is 14.2 Å². The normalized spacial score (nSPS) is 11.7. The molecule has 0 radical (unpaired) electrons. The van der Waals surface area contributed by atoms with Crippen molar-refractivity contribution in [2.45, 2.75) is 0 Å². The molecule has 0 fully saturated rings. The molecule has 0 saturated carbocycles. The van der Waals surface area contributed by atoms with Crippen molar-refractivity contribution in [1.29, 1.82) is 5.41 Å². The Morgan fingerprint density at radius 1 is 1.10 bits per heavy atom. The van der Waals surface area contributed by atoms with Gasteiger partial charge >= 0.3 is 11.9 Å². The highest BCUT2D eigenvalue weighted by Crippen LogP contribution is 2.14. The average molecular weight is 289 g/mol. The lowest BCUT2D eigenvalue weighted by Gasteiger charge is -2.08. The fourth-order valence-electron chi connectivity index (χ4n) is 1.48. The van der Waals surface area contributed by atoms with Crippen molar-refractivity contribution < 1.29 is 24.2 Å². The molecule has 21 heavy (non-hydrogen) atoms. The summed E-state index contributed by atoms with van der Waals surface area (Å²) in [4.78, 5) is 22.8. The monoisotopic (exact) mass is 289 g/mol. The summed E-state index contributed by atoms with van der Waals surface area (Å²) in [6, 6.07) is 8.38. The topological polar surface area (TPSA) is 96.7 Å². The number of hydrogen-bond acceptors (Lipinski definition) is 6. The highest BCUT2D eigenvalue weighted by Gasteiger charge is 2.21. The van der Waals surface area contributed by atoms with Crippen LogP contribution in [0.4, 0.5) is 0 Å². The Kier molecular flexibility index (Phi) is 5.88. The number of carbonyl (C=O) groups excluding carboxylic acids is 2. The first-order valence-electron chi connectivity index (χ1n) is 5.93. The standard InChI is InChI=1S/C15H15NO5/c1-20-12(18)9-8-11(17)13(15(19)21-2)14(16)10-6-4-3-5-7-10/h3-9,16-17H,1-2H3. The van der Waals surface area contributed by atoms with Crippen LogP contribution in [0.1, 0.15) is 5.56 Å². The van der Waals surface area contributed by atoms with Crippen molar-refractivity contribution in [1.82, 2.24) is 0 Å². The first-order valence-corrected chi connectivity index (χ1v) is 5.93.